The maximum Gasteiger partial charge on any atom is 0.0178 e. The average molecular weight is 280 g/mol. The van der Waals surface area contributed by atoms with Crippen LogP contribution in [0.4, 0.5) is 0 Å². The van der Waals surface area contributed by atoms with E-state index in [-0.39, 0.29) is 0 Å². The standard InChI is InChI=1S/C14H18BrN/c15-13-5-3-4-12(10-13)14(6-7-14)11-16-8-1-2-9-16/h3-5,10H,1-2,6-9,11H2. The highest BCUT2D eigenvalue weighted by Gasteiger charge is 2.45. The lowest BCUT2D eigenvalue weighted by Crippen LogP contribution is -2.30. The lowest BCUT2D eigenvalue weighted by Gasteiger charge is -2.23. The fourth-order valence-electron chi connectivity index (χ4n) is 2.88. The van der Waals surface area contributed by atoms with Gasteiger partial charge < -0.3 is 4.90 Å². The number of rotatable bonds is 3. The Labute approximate surface area is 106 Å². The summed E-state index contributed by atoms with van der Waals surface area (Å²) in [7, 11) is 0. The largest absolute Gasteiger partial charge is 0.302 e. The van der Waals surface area contributed by atoms with E-state index in [0.29, 0.717) is 5.41 Å². The van der Waals surface area contributed by atoms with Gasteiger partial charge in [-0.3, -0.25) is 0 Å². The van der Waals surface area contributed by atoms with Gasteiger partial charge in [-0.1, -0.05) is 28.1 Å². The molecule has 1 aromatic carbocycles. The van der Waals surface area contributed by atoms with Crippen LogP contribution >= 0.6 is 15.9 Å². The summed E-state index contributed by atoms with van der Waals surface area (Å²) in [6, 6.07) is 8.90. The van der Waals surface area contributed by atoms with Crippen molar-refractivity contribution in [3.8, 4) is 0 Å². The number of likely N-dealkylation sites (tertiary alicyclic amines) is 1. The molecule has 1 nitrogen and oxygen atoms in total. The lowest BCUT2D eigenvalue weighted by atomic mass is 9.95. The summed E-state index contributed by atoms with van der Waals surface area (Å²) in [6.45, 7) is 3.91. The minimum Gasteiger partial charge on any atom is -0.302 e. The zero-order chi connectivity index (χ0) is 11.0. The topological polar surface area (TPSA) is 3.24 Å². The third-order valence-electron chi connectivity index (χ3n) is 4.02. The van der Waals surface area contributed by atoms with Crippen molar-refractivity contribution in [2.45, 2.75) is 31.1 Å². The lowest BCUT2D eigenvalue weighted by molar-refractivity contribution is 0.305. The van der Waals surface area contributed by atoms with Gasteiger partial charge in [-0.2, -0.15) is 0 Å². The average Bonchev–Trinajstić information content (AvgIpc) is 2.87. The molecule has 1 aliphatic carbocycles. The molecule has 0 aromatic heterocycles. The Kier molecular flexibility index (Phi) is 2.80. The molecule has 2 fully saturated rings. The second-order valence-corrected chi connectivity index (χ2v) is 6.19. The predicted octanol–water partition coefficient (Wildman–Crippen LogP) is 3.58. The first kappa shape index (κ1) is 10.8. The molecule has 1 aromatic rings. The van der Waals surface area contributed by atoms with Crippen LogP contribution in [0.5, 0.6) is 0 Å². The van der Waals surface area contributed by atoms with E-state index in [1.165, 1.54) is 55.4 Å². The highest BCUT2D eigenvalue weighted by atomic mass is 79.9. The Balaban J connectivity index is 1.77. The monoisotopic (exact) mass is 279 g/mol. The van der Waals surface area contributed by atoms with Crippen LogP contribution in [0.25, 0.3) is 0 Å². The van der Waals surface area contributed by atoms with E-state index in [1.54, 1.807) is 0 Å². The normalized spacial score (nSPS) is 23.6. The number of benzene rings is 1. The molecule has 2 aliphatic rings. The molecule has 16 heavy (non-hydrogen) atoms. The zero-order valence-corrected chi connectivity index (χ0v) is 11.2. The molecule has 1 aliphatic heterocycles. The van der Waals surface area contributed by atoms with E-state index in [4.69, 9.17) is 0 Å². The van der Waals surface area contributed by atoms with Crippen LogP contribution in [0.2, 0.25) is 0 Å². The van der Waals surface area contributed by atoms with Crippen molar-refractivity contribution in [2.75, 3.05) is 19.6 Å². The van der Waals surface area contributed by atoms with Gasteiger partial charge in [0.25, 0.3) is 0 Å². The highest BCUT2D eigenvalue weighted by molar-refractivity contribution is 9.10. The SMILES string of the molecule is Brc1cccc(C2(CN3CCCC3)CC2)c1. The second kappa shape index (κ2) is 4.15. The van der Waals surface area contributed by atoms with Crippen molar-refractivity contribution in [2.24, 2.45) is 0 Å². The van der Waals surface area contributed by atoms with Gasteiger partial charge in [0, 0.05) is 16.4 Å². The molecule has 0 N–H and O–H groups in total. The highest BCUT2D eigenvalue weighted by Crippen LogP contribution is 2.49. The third kappa shape index (κ3) is 2.05. The fourth-order valence-corrected chi connectivity index (χ4v) is 3.28. The minimum atomic E-state index is 0.494. The Morgan fingerprint density at radius 1 is 1.19 bits per heavy atom. The van der Waals surface area contributed by atoms with Crippen LogP contribution in [-0.2, 0) is 5.41 Å². The number of hydrogen-bond donors (Lipinski definition) is 0. The van der Waals surface area contributed by atoms with Crippen LogP contribution in [0, 0.1) is 0 Å². The van der Waals surface area contributed by atoms with E-state index >= 15 is 0 Å². The summed E-state index contributed by atoms with van der Waals surface area (Å²) >= 11 is 3.58. The first-order valence-corrected chi connectivity index (χ1v) is 7.06. The quantitative estimate of drug-likeness (QED) is 0.818. The van der Waals surface area contributed by atoms with Gasteiger partial charge in [0.05, 0.1) is 0 Å². The zero-order valence-electron chi connectivity index (χ0n) is 9.58. The Morgan fingerprint density at radius 3 is 2.56 bits per heavy atom. The summed E-state index contributed by atoms with van der Waals surface area (Å²) in [4.78, 5) is 2.65. The Morgan fingerprint density at radius 2 is 1.94 bits per heavy atom. The molecular weight excluding hydrogens is 262 g/mol. The molecule has 2 heteroatoms. The molecular formula is C14H18BrN. The number of halogens is 1. The Hall–Kier alpha value is -0.340. The number of nitrogens with zero attached hydrogens (tertiary/aromatic N) is 1. The molecule has 0 atom stereocenters. The van der Waals surface area contributed by atoms with Crippen LogP contribution in [0.3, 0.4) is 0 Å². The van der Waals surface area contributed by atoms with Gasteiger partial charge in [-0.15, -0.1) is 0 Å². The molecule has 0 bridgehead atoms. The molecule has 3 rings (SSSR count). The molecule has 0 spiro atoms. The van der Waals surface area contributed by atoms with Crippen LogP contribution in [0.1, 0.15) is 31.2 Å². The summed E-state index contributed by atoms with van der Waals surface area (Å²) < 4.78 is 1.22. The van der Waals surface area contributed by atoms with Crippen molar-refractivity contribution < 1.29 is 0 Å². The molecule has 1 saturated heterocycles. The van der Waals surface area contributed by atoms with E-state index in [9.17, 15) is 0 Å². The van der Waals surface area contributed by atoms with Gasteiger partial charge >= 0.3 is 0 Å². The number of hydrogen-bond acceptors (Lipinski definition) is 1. The van der Waals surface area contributed by atoms with Crippen molar-refractivity contribution in [1.29, 1.82) is 0 Å². The van der Waals surface area contributed by atoms with Crippen molar-refractivity contribution >= 4 is 15.9 Å². The maximum absolute atomic E-state index is 3.58. The second-order valence-electron chi connectivity index (χ2n) is 5.27. The van der Waals surface area contributed by atoms with Gasteiger partial charge in [-0.25, -0.2) is 0 Å². The molecule has 86 valence electrons. The predicted molar refractivity (Wildman–Crippen MR) is 70.7 cm³/mol. The molecule has 0 amide bonds. The summed E-state index contributed by atoms with van der Waals surface area (Å²) in [5.41, 5.74) is 2.03. The van der Waals surface area contributed by atoms with Crippen LogP contribution in [0.15, 0.2) is 28.7 Å². The van der Waals surface area contributed by atoms with E-state index in [0.717, 1.165) is 0 Å². The van der Waals surface area contributed by atoms with Crippen molar-refractivity contribution in [1.82, 2.24) is 4.90 Å². The van der Waals surface area contributed by atoms with Gasteiger partial charge in [0.15, 0.2) is 0 Å². The molecule has 0 radical (unpaired) electrons. The molecule has 0 unspecified atom stereocenters. The van der Waals surface area contributed by atoms with Crippen LogP contribution < -0.4 is 0 Å². The summed E-state index contributed by atoms with van der Waals surface area (Å²) in [5.74, 6) is 0. The van der Waals surface area contributed by atoms with Gasteiger partial charge in [0.2, 0.25) is 0 Å². The summed E-state index contributed by atoms with van der Waals surface area (Å²) in [5, 5.41) is 0. The van der Waals surface area contributed by atoms with Gasteiger partial charge in [0.1, 0.15) is 0 Å². The first-order valence-electron chi connectivity index (χ1n) is 6.27. The molecule has 1 heterocycles. The van der Waals surface area contributed by atoms with E-state index < -0.39 is 0 Å². The third-order valence-corrected chi connectivity index (χ3v) is 4.51. The summed E-state index contributed by atoms with van der Waals surface area (Å²) in [6.07, 6.45) is 5.54. The van der Waals surface area contributed by atoms with Crippen LogP contribution in [-0.4, -0.2) is 24.5 Å². The van der Waals surface area contributed by atoms with E-state index in [1.807, 2.05) is 0 Å². The van der Waals surface area contributed by atoms with Crippen molar-refractivity contribution in [3.63, 3.8) is 0 Å². The Bertz CT molecular complexity index is 378. The van der Waals surface area contributed by atoms with Crippen molar-refractivity contribution in [3.05, 3.63) is 34.3 Å². The minimum absolute atomic E-state index is 0.494. The maximum atomic E-state index is 3.58. The smallest absolute Gasteiger partial charge is 0.0178 e. The van der Waals surface area contributed by atoms with E-state index in [2.05, 4.69) is 45.1 Å². The first-order chi connectivity index (χ1) is 7.78. The molecule has 1 saturated carbocycles. The van der Waals surface area contributed by atoms with Gasteiger partial charge in [-0.05, 0) is 56.5 Å². The fraction of sp³-hybridized carbons (Fsp3) is 0.571.